The molecule has 9 heteroatoms. The maximum Gasteiger partial charge on any atom is 0.453 e. The largest absolute Gasteiger partial charge is 0.453 e. The third-order valence-corrected chi connectivity index (χ3v) is 5.02. The number of hydrogen-bond donors (Lipinski definition) is 4. The zero-order valence-corrected chi connectivity index (χ0v) is 18.3. The Morgan fingerprint density at radius 3 is 2.58 bits per heavy atom. The third-order valence-electron chi connectivity index (χ3n) is 5.02. The van der Waals surface area contributed by atoms with Gasteiger partial charge in [0.2, 0.25) is 0 Å². The molecule has 8 nitrogen and oxygen atoms in total. The molecule has 1 aliphatic heterocycles. The van der Waals surface area contributed by atoms with Gasteiger partial charge in [0.15, 0.2) is 0 Å². The standard InChI is InChI=1S/C22H31BN4O4/c1-22(2,3)12-17(14-24)20(28)27-11-7-10-18(27)15-25-21(29)26-19(13-23(30)31)16-8-5-4-6-9-16/h4-6,8-9,12,18-19,30-31H,7,10-11,13,15H2,1-3H3,(H2,25,26,29)/t18-,19+/m0/s1. The summed E-state index contributed by atoms with van der Waals surface area (Å²) in [5.74, 6) is -0.312. The highest BCUT2D eigenvalue weighted by Crippen LogP contribution is 2.23. The van der Waals surface area contributed by atoms with E-state index >= 15 is 0 Å². The molecule has 1 aromatic rings. The Morgan fingerprint density at radius 1 is 1.32 bits per heavy atom. The van der Waals surface area contributed by atoms with Gasteiger partial charge in [0, 0.05) is 25.5 Å². The van der Waals surface area contributed by atoms with Crippen molar-refractivity contribution < 1.29 is 19.6 Å². The zero-order valence-electron chi connectivity index (χ0n) is 18.3. The number of nitriles is 1. The van der Waals surface area contributed by atoms with Crippen molar-refractivity contribution in [1.82, 2.24) is 15.5 Å². The van der Waals surface area contributed by atoms with Gasteiger partial charge >= 0.3 is 13.1 Å². The first-order valence-corrected chi connectivity index (χ1v) is 10.5. The van der Waals surface area contributed by atoms with Gasteiger partial charge in [-0.05, 0) is 23.8 Å². The Bertz CT molecular complexity index is 830. The Morgan fingerprint density at radius 2 is 2.00 bits per heavy atom. The molecule has 1 aromatic carbocycles. The molecule has 2 rings (SSSR count). The number of urea groups is 1. The fourth-order valence-corrected chi connectivity index (χ4v) is 3.64. The summed E-state index contributed by atoms with van der Waals surface area (Å²) >= 11 is 0. The number of allylic oxidation sites excluding steroid dienone is 1. The molecule has 3 amide bonds. The molecule has 1 heterocycles. The average Bonchev–Trinajstić information content (AvgIpc) is 3.17. The molecule has 0 bridgehead atoms. The summed E-state index contributed by atoms with van der Waals surface area (Å²) in [6.07, 6.45) is 3.17. The monoisotopic (exact) mass is 426 g/mol. The molecule has 1 fully saturated rings. The van der Waals surface area contributed by atoms with Crippen molar-refractivity contribution in [3.63, 3.8) is 0 Å². The average molecular weight is 426 g/mol. The summed E-state index contributed by atoms with van der Waals surface area (Å²) < 4.78 is 0. The second kappa shape index (κ2) is 11.0. The van der Waals surface area contributed by atoms with E-state index in [1.807, 2.05) is 45.0 Å². The molecule has 4 N–H and O–H groups in total. The molecule has 31 heavy (non-hydrogen) atoms. The first kappa shape index (κ1) is 24.4. The molecule has 0 spiro atoms. The van der Waals surface area contributed by atoms with Gasteiger partial charge in [-0.2, -0.15) is 5.26 Å². The van der Waals surface area contributed by atoms with Gasteiger partial charge in [-0.15, -0.1) is 0 Å². The van der Waals surface area contributed by atoms with Crippen LogP contribution in [0.25, 0.3) is 0 Å². The molecular weight excluding hydrogens is 395 g/mol. The topological polar surface area (TPSA) is 126 Å². The van der Waals surface area contributed by atoms with Crippen LogP contribution in [0.15, 0.2) is 42.0 Å². The molecule has 1 saturated heterocycles. The van der Waals surface area contributed by atoms with Crippen LogP contribution in [-0.2, 0) is 4.79 Å². The van der Waals surface area contributed by atoms with Crippen molar-refractivity contribution in [1.29, 1.82) is 5.26 Å². The molecule has 0 aliphatic carbocycles. The highest BCUT2D eigenvalue weighted by atomic mass is 16.4. The van der Waals surface area contributed by atoms with Gasteiger partial charge in [0.1, 0.15) is 11.6 Å². The Balaban J connectivity index is 1.99. The maximum atomic E-state index is 12.8. The smallest absolute Gasteiger partial charge is 0.427 e. The molecule has 0 saturated carbocycles. The second-order valence-electron chi connectivity index (χ2n) is 8.86. The fourth-order valence-electron chi connectivity index (χ4n) is 3.64. The molecule has 2 atom stereocenters. The molecule has 0 radical (unpaired) electrons. The van der Waals surface area contributed by atoms with Gasteiger partial charge in [0.05, 0.1) is 6.04 Å². The van der Waals surface area contributed by atoms with Gasteiger partial charge in [-0.1, -0.05) is 57.2 Å². The molecule has 0 aromatic heterocycles. The van der Waals surface area contributed by atoms with Crippen molar-refractivity contribution in [3.8, 4) is 6.07 Å². The normalized spacial score (nSPS) is 17.6. The van der Waals surface area contributed by atoms with E-state index in [9.17, 15) is 24.9 Å². The van der Waals surface area contributed by atoms with Crippen LogP contribution in [0.2, 0.25) is 6.32 Å². The number of benzene rings is 1. The Kier molecular flexibility index (Phi) is 8.66. The fraction of sp³-hybridized carbons (Fsp3) is 0.500. The number of likely N-dealkylation sites (tertiary alicyclic amines) is 1. The van der Waals surface area contributed by atoms with E-state index in [1.54, 1.807) is 23.1 Å². The van der Waals surface area contributed by atoms with E-state index in [0.717, 1.165) is 18.4 Å². The lowest BCUT2D eigenvalue weighted by atomic mass is 9.79. The van der Waals surface area contributed by atoms with Crippen molar-refractivity contribution in [3.05, 3.63) is 47.5 Å². The predicted molar refractivity (Wildman–Crippen MR) is 119 cm³/mol. The first-order chi connectivity index (χ1) is 14.6. The third kappa shape index (κ3) is 7.74. The highest BCUT2D eigenvalue weighted by molar-refractivity contribution is 6.41. The van der Waals surface area contributed by atoms with E-state index < -0.39 is 19.2 Å². The van der Waals surface area contributed by atoms with Gasteiger partial charge in [-0.3, -0.25) is 4.79 Å². The molecular formula is C22H31BN4O4. The minimum Gasteiger partial charge on any atom is -0.427 e. The van der Waals surface area contributed by atoms with Crippen LogP contribution in [0.4, 0.5) is 4.79 Å². The van der Waals surface area contributed by atoms with E-state index in [0.29, 0.717) is 6.54 Å². The number of amides is 3. The Hall–Kier alpha value is -2.83. The first-order valence-electron chi connectivity index (χ1n) is 10.5. The van der Waals surface area contributed by atoms with Gasteiger partial charge < -0.3 is 25.6 Å². The van der Waals surface area contributed by atoms with Crippen LogP contribution in [-0.4, -0.2) is 53.1 Å². The lowest BCUT2D eigenvalue weighted by molar-refractivity contribution is -0.127. The number of rotatable bonds is 7. The van der Waals surface area contributed by atoms with Crippen molar-refractivity contribution in [2.75, 3.05) is 13.1 Å². The predicted octanol–water partition coefficient (Wildman–Crippen LogP) is 1.99. The molecule has 166 valence electrons. The van der Waals surface area contributed by atoms with E-state index in [4.69, 9.17) is 0 Å². The summed E-state index contributed by atoms with van der Waals surface area (Å²) in [5.41, 5.74) is 0.581. The van der Waals surface area contributed by atoms with Crippen molar-refractivity contribution in [2.24, 2.45) is 5.41 Å². The van der Waals surface area contributed by atoms with Gasteiger partial charge in [-0.25, -0.2) is 4.79 Å². The van der Waals surface area contributed by atoms with E-state index in [-0.39, 0.29) is 35.8 Å². The van der Waals surface area contributed by atoms with Crippen LogP contribution in [0.1, 0.15) is 45.2 Å². The summed E-state index contributed by atoms with van der Waals surface area (Å²) in [6, 6.07) is 9.84. The Labute approximate surface area is 184 Å². The number of carbonyl (C=O) groups excluding carboxylic acids is 2. The quantitative estimate of drug-likeness (QED) is 0.301. The van der Waals surface area contributed by atoms with Gasteiger partial charge in [0.25, 0.3) is 5.91 Å². The number of nitrogens with one attached hydrogen (secondary N) is 2. The summed E-state index contributed by atoms with van der Waals surface area (Å²) in [4.78, 5) is 27.0. The number of nitrogens with zero attached hydrogens (tertiary/aromatic N) is 2. The zero-order chi connectivity index (χ0) is 23.0. The molecule has 0 unspecified atom stereocenters. The second-order valence-corrected chi connectivity index (χ2v) is 8.86. The van der Waals surface area contributed by atoms with Crippen LogP contribution < -0.4 is 10.6 Å². The van der Waals surface area contributed by atoms with E-state index in [2.05, 4.69) is 10.6 Å². The minimum atomic E-state index is -1.56. The maximum absolute atomic E-state index is 12.8. The lowest BCUT2D eigenvalue weighted by Gasteiger charge is -2.26. The highest BCUT2D eigenvalue weighted by Gasteiger charge is 2.31. The van der Waals surface area contributed by atoms with E-state index in [1.165, 1.54) is 0 Å². The van der Waals surface area contributed by atoms with Crippen molar-refractivity contribution >= 4 is 19.1 Å². The summed E-state index contributed by atoms with van der Waals surface area (Å²) in [6.45, 7) is 6.57. The molecule has 1 aliphatic rings. The van der Waals surface area contributed by atoms with Crippen LogP contribution in [0.3, 0.4) is 0 Å². The summed E-state index contributed by atoms with van der Waals surface area (Å²) in [7, 11) is -1.56. The lowest BCUT2D eigenvalue weighted by Crippen LogP contribution is -2.47. The summed E-state index contributed by atoms with van der Waals surface area (Å²) in [5, 5.41) is 33.7. The number of carbonyl (C=O) groups is 2. The minimum absolute atomic E-state index is 0.0470. The van der Waals surface area contributed by atoms with Crippen LogP contribution in [0, 0.1) is 16.7 Å². The SMILES string of the molecule is CC(C)(C)C=C(C#N)C(=O)N1CCC[C@H]1CNC(=O)N[C@H](CB(O)O)c1ccccc1. The van der Waals surface area contributed by atoms with Crippen molar-refractivity contribution in [2.45, 2.75) is 52.0 Å². The number of hydrogen-bond acceptors (Lipinski definition) is 5. The van der Waals surface area contributed by atoms with Crippen LogP contribution >= 0.6 is 0 Å². The van der Waals surface area contributed by atoms with Crippen LogP contribution in [0.5, 0.6) is 0 Å².